The molecule has 2 fully saturated rings. The first-order chi connectivity index (χ1) is 15.6. The molecule has 7 heteroatoms. The van der Waals surface area contributed by atoms with Gasteiger partial charge >= 0.3 is 5.97 Å². The van der Waals surface area contributed by atoms with Crippen LogP contribution in [0.1, 0.15) is 63.0 Å². The van der Waals surface area contributed by atoms with Crippen molar-refractivity contribution in [3.8, 4) is 5.75 Å². The third-order valence-electron chi connectivity index (χ3n) is 6.67. The third-order valence-corrected chi connectivity index (χ3v) is 7.26. The molecule has 2 aliphatic heterocycles. The lowest BCUT2D eigenvalue weighted by Crippen LogP contribution is -2.31. The van der Waals surface area contributed by atoms with Gasteiger partial charge in [-0.3, -0.25) is 9.80 Å². The predicted molar refractivity (Wildman–Crippen MR) is 132 cm³/mol. The molecule has 1 aliphatic carbocycles. The van der Waals surface area contributed by atoms with Crippen LogP contribution in [0.3, 0.4) is 0 Å². The smallest absolute Gasteiger partial charge is 0.338 e. The van der Waals surface area contributed by atoms with Crippen molar-refractivity contribution >= 4 is 33.2 Å². The molecule has 0 amide bonds. The molecule has 2 heterocycles. The Labute approximate surface area is 200 Å². The number of likely N-dealkylation sites (tertiary alicyclic amines) is 1. The number of ether oxygens (including phenoxy) is 2. The Morgan fingerprint density at radius 3 is 2.72 bits per heavy atom. The van der Waals surface area contributed by atoms with Crippen molar-refractivity contribution in [2.45, 2.75) is 64.5 Å². The van der Waals surface area contributed by atoms with E-state index in [1.165, 1.54) is 32.1 Å². The SMILES string of the molecule is CCOC(=O)/C(=C\CN1CCCC1)c1c(NC2CCCCC2)cc(Br)c2c1CN(C)CO2. The molecule has 1 saturated carbocycles. The molecular weight excluding hydrogens is 470 g/mol. The zero-order chi connectivity index (χ0) is 22.5. The Balaban J connectivity index is 1.78. The van der Waals surface area contributed by atoms with Gasteiger partial charge in [0.25, 0.3) is 0 Å². The minimum Gasteiger partial charge on any atom is -0.477 e. The van der Waals surface area contributed by atoms with Crippen LogP contribution in [-0.2, 0) is 16.1 Å². The van der Waals surface area contributed by atoms with Crippen LogP contribution in [0, 0.1) is 0 Å². The average Bonchev–Trinajstić information content (AvgIpc) is 3.30. The predicted octanol–water partition coefficient (Wildman–Crippen LogP) is 5.02. The number of fused-ring (bicyclic) bond motifs is 1. The highest BCUT2D eigenvalue weighted by Crippen LogP contribution is 2.43. The highest BCUT2D eigenvalue weighted by Gasteiger charge is 2.29. The summed E-state index contributed by atoms with van der Waals surface area (Å²) >= 11 is 3.73. The van der Waals surface area contributed by atoms with Gasteiger partial charge in [0.2, 0.25) is 0 Å². The molecular formula is C25H36BrN3O3. The number of carbonyl (C=O) groups excluding carboxylic acids is 1. The van der Waals surface area contributed by atoms with Crippen molar-refractivity contribution in [1.82, 2.24) is 9.80 Å². The second-order valence-electron chi connectivity index (χ2n) is 9.20. The van der Waals surface area contributed by atoms with E-state index in [2.05, 4.69) is 43.2 Å². The fraction of sp³-hybridized carbons (Fsp3) is 0.640. The highest BCUT2D eigenvalue weighted by atomic mass is 79.9. The fourth-order valence-corrected chi connectivity index (χ4v) is 5.63. The van der Waals surface area contributed by atoms with E-state index in [0.29, 0.717) is 25.0 Å². The van der Waals surface area contributed by atoms with Gasteiger partial charge in [-0.25, -0.2) is 4.79 Å². The van der Waals surface area contributed by atoms with Crippen LogP contribution in [0.25, 0.3) is 5.57 Å². The van der Waals surface area contributed by atoms with E-state index in [1.807, 2.05) is 14.0 Å². The molecule has 1 saturated heterocycles. The Morgan fingerprint density at radius 2 is 2.00 bits per heavy atom. The number of hydrogen-bond acceptors (Lipinski definition) is 6. The van der Waals surface area contributed by atoms with Crippen LogP contribution < -0.4 is 10.1 Å². The lowest BCUT2D eigenvalue weighted by atomic mass is 9.92. The van der Waals surface area contributed by atoms with E-state index < -0.39 is 0 Å². The van der Waals surface area contributed by atoms with Gasteiger partial charge in [-0.05, 0) is 74.7 Å². The summed E-state index contributed by atoms with van der Waals surface area (Å²) in [5, 5.41) is 3.79. The lowest BCUT2D eigenvalue weighted by Gasteiger charge is -2.32. The van der Waals surface area contributed by atoms with Crippen LogP contribution in [0.15, 0.2) is 16.6 Å². The minimum absolute atomic E-state index is 0.254. The normalized spacial score (nSPS) is 20.7. The van der Waals surface area contributed by atoms with Gasteiger partial charge in [0.15, 0.2) is 0 Å². The van der Waals surface area contributed by atoms with Crippen molar-refractivity contribution in [3.05, 3.63) is 27.7 Å². The quantitative estimate of drug-likeness (QED) is 0.414. The van der Waals surface area contributed by atoms with E-state index in [1.54, 1.807) is 0 Å². The van der Waals surface area contributed by atoms with Crippen molar-refractivity contribution in [2.75, 3.05) is 45.3 Å². The topological polar surface area (TPSA) is 54.0 Å². The average molecular weight is 506 g/mol. The number of anilines is 1. The monoisotopic (exact) mass is 505 g/mol. The zero-order valence-corrected chi connectivity index (χ0v) is 21.0. The number of nitrogens with one attached hydrogen (secondary N) is 1. The summed E-state index contributed by atoms with van der Waals surface area (Å²) in [6.07, 6.45) is 10.7. The maximum Gasteiger partial charge on any atom is 0.338 e. The van der Waals surface area contributed by atoms with Gasteiger partial charge in [0.05, 0.1) is 16.7 Å². The fourth-order valence-electron chi connectivity index (χ4n) is 5.05. The molecule has 1 N–H and O–H groups in total. The van der Waals surface area contributed by atoms with E-state index in [9.17, 15) is 4.79 Å². The lowest BCUT2D eigenvalue weighted by molar-refractivity contribution is -0.136. The molecule has 0 aromatic heterocycles. The van der Waals surface area contributed by atoms with Crippen molar-refractivity contribution < 1.29 is 14.3 Å². The first kappa shape index (κ1) is 23.6. The molecule has 0 spiro atoms. The Morgan fingerprint density at radius 1 is 1.25 bits per heavy atom. The Hall–Kier alpha value is -1.57. The van der Waals surface area contributed by atoms with Crippen molar-refractivity contribution in [3.63, 3.8) is 0 Å². The summed E-state index contributed by atoms with van der Waals surface area (Å²) < 4.78 is 12.6. The van der Waals surface area contributed by atoms with Crippen LogP contribution in [0.5, 0.6) is 5.75 Å². The van der Waals surface area contributed by atoms with Gasteiger partial charge in [-0.1, -0.05) is 25.3 Å². The first-order valence-electron chi connectivity index (χ1n) is 12.1. The molecule has 176 valence electrons. The summed E-state index contributed by atoms with van der Waals surface area (Å²) in [6.45, 7) is 6.43. The molecule has 0 bridgehead atoms. The maximum atomic E-state index is 13.2. The van der Waals surface area contributed by atoms with Gasteiger partial charge in [0, 0.05) is 35.9 Å². The van der Waals surface area contributed by atoms with Crippen LogP contribution in [0.2, 0.25) is 0 Å². The van der Waals surface area contributed by atoms with Crippen molar-refractivity contribution in [1.29, 1.82) is 0 Å². The van der Waals surface area contributed by atoms with Crippen LogP contribution in [0.4, 0.5) is 5.69 Å². The number of esters is 1. The number of benzene rings is 1. The molecule has 4 rings (SSSR count). The molecule has 32 heavy (non-hydrogen) atoms. The number of rotatable bonds is 7. The summed E-state index contributed by atoms with van der Waals surface area (Å²) in [5.41, 5.74) is 3.65. The third kappa shape index (κ3) is 5.49. The summed E-state index contributed by atoms with van der Waals surface area (Å²) in [7, 11) is 2.04. The summed E-state index contributed by atoms with van der Waals surface area (Å²) in [4.78, 5) is 17.8. The molecule has 0 atom stereocenters. The molecule has 0 radical (unpaired) electrons. The summed E-state index contributed by atoms with van der Waals surface area (Å²) in [5.74, 6) is 0.583. The van der Waals surface area contributed by atoms with Gasteiger partial charge in [0.1, 0.15) is 12.5 Å². The van der Waals surface area contributed by atoms with E-state index in [4.69, 9.17) is 9.47 Å². The maximum absolute atomic E-state index is 13.2. The van der Waals surface area contributed by atoms with Gasteiger partial charge in [-0.15, -0.1) is 0 Å². The van der Waals surface area contributed by atoms with Crippen LogP contribution >= 0.6 is 15.9 Å². The Kier molecular flexibility index (Phi) is 8.13. The first-order valence-corrected chi connectivity index (χ1v) is 12.9. The second-order valence-corrected chi connectivity index (χ2v) is 10.1. The molecule has 6 nitrogen and oxygen atoms in total. The highest BCUT2D eigenvalue weighted by molar-refractivity contribution is 9.10. The molecule has 0 unspecified atom stereocenters. The number of nitrogens with zero attached hydrogens (tertiary/aromatic N) is 2. The van der Waals surface area contributed by atoms with Gasteiger partial charge < -0.3 is 14.8 Å². The Bertz CT molecular complexity index is 845. The van der Waals surface area contributed by atoms with E-state index >= 15 is 0 Å². The number of halogens is 1. The number of hydrogen-bond donors (Lipinski definition) is 1. The van der Waals surface area contributed by atoms with Gasteiger partial charge in [-0.2, -0.15) is 0 Å². The van der Waals surface area contributed by atoms with Crippen molar-refractivity contribution in [2.24, 2.45) is 0 Å². The zero-order valence-electron chi connectivity index (χ0n) is 19.4. The molecule has 1 aromatic rings. The minimum atomic E-state index is -0.254. The number of carbonyl (C=O) groups is 1. The standard InChI is InChI=1S/C25H36BrN3O3/c1-3-31-25(30)19(11-14-29-12-7-8-13-29)23-20-16-28(2)17-32-24(20)21(26)15-22(23)27-18-9-5-4-6-10-18/h11,15,18,27H,3-10,12-14,16-17H2,1-2H3/b19-11-. The van der Waals surface area contributed by atoms with E-state index in [0.717, 1.165) is 66.1 Å². The molecule has 1 aromatic carbocycles. The summed E-state index contributed by atoms with van der Waals surface area (Å²) in [6, 6.07) is 2.52. The largest absolute Gasteiger partial charge is 0.477 e. The second kappa shape index (κ2) is 11.0. The molecule has 3 aliphatic rings. The van der Waals surface area contributed by atoms with E-state index in [-0.39, 0.29) is 5.97 Å². The van der Waals surface area contributed by atoms with Crippen LogP contribution in [-0.4, -0.2) is 61.8 Å².